The van der Waals surface area contributed by atoms with Gasteiger partial charge in [0.15, 0.2) is 0 Å². The summed E-state index contributed by atoms with van der Waals surface area (Å²) >= 11 is 0. The largest absolute Gasteiger partial charge is 0.416 e. The van der Waals surface area contributed by atoms with Crippen molar-refractivity contribution in [2.45, 2.75) is 38.1 Å². The number of urea groups is 1. The molecule has 3 N–H and O–H groups in total. The fraction of sp³-hybridized carbons (Fsp3) is 0.273. The van der Waals surface area contributed by atoms with Gasteiger partial charge in [0.2, 0.25) is 11.8 Å². The van der Waals surface area contributed by atoms with E-state index < -0.39 is 29.7 Å². The number of hydrogen-bond donors (Lipinski definition) is 3. The van der Waals surface area contributed by atoms with Gasteiger partial charge in [-0.2, -0.15) is 13.2 Å². The Morgan fingerprint density at radius 1 is 1.12 bits per heavy atom. The van der Waals surface area contributed by atoms with Crippen LogP contribution in [0.25, 0.3) is 0 Å². The Labute approximate surface area is 186 Å². The second kappa shape index (κ2) is 8.57. The molecule has 2 aliphatic heterocycles. The molecule has 2 aromatic rings. The van der Waals surface area contributed by atoms with Gasteiger partial charge in [-0.1, -0.05) is 18.2 Å². The average molecular weight is 460 g/mol. The van der Waals surface area contributed by atoms with Gasteiger partial charge in [-0.3, -0.25) is 19.7 Å². The SMILES string of the molecule is O=C1CCC(N2Cc3ccc(CNC(=O)Nc4cccc(C(F)(F)F)c4)cc3C2=O)C(=O)N1. The summed E-state index contributed by atoms with van der Waals surface area (Å²) in [5, 5.41) is 7.13. The Bertz CT molecular complexity index is 1150. The van der Waals surface area contributed by atoms with Crippen molar-refractivity contribution in [1.82, 2.24) is 15.5 Å². The van der Waals surface area contributed by atoms with Gasteiger partial charge in [-0.05, 0) is 41.8 Å². The molecule has 11 heteroatoms. The second-order valence-electron chi connectivity index (χ2n) is 7.78. The zero-order valence-corrected chi connectivity index (χ0v) is 17.2. The van der Waals surface area contributed by atoms with Crippen LogP contribution in [0.5, 0.6) is 0 Å². The number of nitrogens with one attached hydrogen (secondary N) is 3. The van der Waals surface area contributed by atoms with E-state index in [9.17, 15) is 32.3 Å². The van der Waals surface area contributed by atoms with Crippen molar-refractivity contribution in [3.05, 3.63) is 64.7 Å². The van der Waals surface area contributed by atoms with Crippen molar-refractivity contribution in [3.8, 4) is 0 Å². The molecule has 0 bridgehead atoms. The minimum atomic E-state index is -4.52. The summed E-state index contributed by atoms with van der Waals surface area (Å²) in [7, 11) is 0. The molecule has 2 aliphatic rings. The van der Waals surface area contributed by atoms with E-state index >= 15 is 0 Å². The quantitative estimate of drug-likeness (QED) is 0.610. The van der Waals surface area contributed by atoms with Gasteiger partial charge in [0.25, 0.3) is 5.91 Å². The van der Waals surface area contributed by atoms with Crippen LogP contribution < -0.4 is 16.0 Å². The Kier molecular flexibility index (Phi) is 5.79. The average Bonchev–Trinajstić information content (AvgIpc) is 3.08. The van der Waals surface area contributed by atoms with Gasteiger partial charge in [0.05, 0.1) is 5.56 Å². The molecule has 4 rings (SSSR count). The molecular weight excluding hydrogens is 441 g/mol. The third kappa shape index (κ3) is 4.81. The van der Waals surface area contributed by atoms with Crippen LogP contribution in [0.3, 0.4) is 0 Å². The van der Waals surface area contributed by atoms with Crippen molar-refractivity contribution in [3.63, 3.8) is 0 Å². The lowest BCUT2D eigenvalue weighted by molar-refractivity contribution is -0.138. The molecule has 1 atom stereocenters. The van der Waals surface area contributed by atoms with E-state index in [2.05, 4.69) is 16.0 Å². The summed E-state index contributed by atoms with van der Waals surface area (Å²) < 4.78 is 38.4. The fourth-order valence-corrected chi connectivity index (χ4v) is 3.84. The first-order chi connectivity index (χ1) is 15.6. The highest BCUT2D eigenvalue weighted by Gasteiger charge is 2.39. The number of alkyl halides is 3. The lowest BCUT2D eigenvalue weighted by atomic mass is 10.0. The molecular formula is C22H19F3N4O4. The molecule has 0 spiro atoms. The monoisotopic (exact) mass is 460 g/mol. The molecule has 0 aliphatic carbocycles. The Hall–Kier alpha value is -3.89. The highest BCUT2D eigenvalue weighted by Crippen LogP contribution is 2.31. The second-order valence-corrected chi connectivity index (χ2v) is 7.78. The third-order valence-corrected chi connectivity index (χ3v) is 5.49. The van der Waals surface area contributed by atoms with Crippen LogP contribution >= 0.6 is 0 Å². The van der Waals surface area contributed by atoms with Gasteiger partial charge in [-0.25, -0.2) is 4.79 Å². The smallest absolute Gasteiger partial charge is 0.334 e. The Morgan fingerprint density at radius 2 is 1.91 bits per heavy atom. The lowest BCUT2D eigenvalue weighted by Crippen LogP contribution is -2.52. The molecule has 1 unspecified atom stereocenters. The van der Waals surface area contributed by atoms with E-state index in [1.54, 1.807) is 18.2 Å². The van der Waals surface area contributed by atoms with Crippen molar-refractivity contribution < 1.29 is 32.3 Å². The Morgan fingerprint density at radius 3 is 2.64 bits per heavy atom. The maximum absolute atomic E-state index is 12.8. The number of imide groups is 1. The van der Waals surface area contributed by atoms with E-state index in [1.807, 2.05) is 0 Å². The number of piperidine rings is 1. The van der Waals surface area contributed by atoms with Gasteiger partial charge >= 0.3 is 12.2 Å². The molecule has 1 fully saturated rings. The molecule has 5 amide bonds. The van der Waals surface area contributed by atoms with Crippen LogP contribution in [0.4, 0.5) is 23.7 Å². The fourth-order valence-electron chi connectivity index (χ4n) is 3.84. The van der Waals surface area contributed by atoms with E-state index in [-0.39, 0.29) is 43.4 Å². The zero-order valence-electron chi connectivity index (χ0n) is 17.2. The molecule has 172 valence electrons. The van der Waals surface area contributed by atoms with Crippen molar-refractivity contribution in [2.24, 2.45) is 0 Å². The number of rotatable bonds is 4. The van der Waals surface area contributed by atoms with Crippen molar-refractivity contribution in [1.29, 1.82) is 0 Å². The number of carbonyl (C=O) groups is 4. The maximum Gasteiger partial charge on any atom is 0.416 e. The standard InChI is InChI=1S/C22H19F3N4O4/c23-22(24,25)14-2-1-3-15(9-14)27-21(33)26-10-12-4-5-13-11-29(20(32)16(13)8-12)17-6-7-18(30)28-19(17)31/h1-5,8-9,17H,6-7,10-11H2,(H2,26,27,33)(H,28,30,31). The first-order valence-electron chi connectivity index (χ1n) is 10.1. The first kappa shape index (κ1) is 22.3. The molecule has 1 saturated heterocycles. The van der Waals surface area contributed by atoms with E-state index in [1.165, 1.54) is 17.0 Å². The molecule has 2 heterocycles. The number of halogens is 3. The number of benzene rings is 2. The number of nitrogens with zero attached hydrogens (tertiary/aromatic N) is 1. The molecule has 0 saturated carbocycles. The highest BCUT2D eigenvalue weighted by molar-refractivity contribution is 6.05. The van der Waals surface area contributed by atoms with Crippen LogP contribution in [0.15, 0.2) is 42.5 Å². The lowest BCUT2D eigenvalue weighted by Gasteiger charge is -2.29. The van der Waals surface area contributed by atoms with E-state index in [0.29, 0.717) is 11.1 Å². The number of hydrogen-bond acceptors (Lipinski definition) is 4. The minimum Gasteiger partial charge on any atom is -0.334 e. The number of carbonyl (C=O) groups excluding carboxylic acids is 4. The molecule has 2 aromatic carbocycles. The predicted molar refractivity (Wildman–Crippen MR) is 110 cm³/mol. The van der Waals surface area contributed by atoms with Gasteiger partial charge in [-0.15, -0.1) is 0 Å². The van der Waals surface area contributed by atoms with Gasteiger partial charge in [0, 0.05) is 30.8 Å². The summed E-state index contributed by atoms with van der Waals surface area (Å²) in [5.41, 5.74) is 0.843. The van der Waals surface area contributed by atoms with Gasteiger partial charge in [0.1, 0.15) is 6.04 Å². The molecule has 8 nitrogen and oxygen atoms in total. The summed E-state index contributed by atoms with van der Waals surface area (Å²) in [6.45, 7) is 0.272. The van der Waals surface area contributed by atoms with Crippen LogP contribution in [-0.4, -0.2) is 34.7 Å². The van der Waals surface area contributed by atoms with E-state index in [0.717, 1.165) is 17.7 Å². The summed E-state index contributed by atoms with van der Waals surface area (Å²) in [6, 6.07) is 7.89. The third-order valence-electron chi connectivity index (χ3n) is 5.49. The maximum atomic E-state index is 12.8. The topological polar surface area (TPSA) is 108 Å². The van der Waals surface area contributed by atoms with Crippen LogP contribution in [0.1, 0.15) is 39.9 Å². The summed E-state index contributed by atoms with van der Waals surface area (Å²) in [5.74, 6) is -1.20. The van der Waals surface area contributed by atoms with Crippen LogP contribution in [0, 0.1) is 0 Å². The van der Waals surface area contributed by atoms with Crippen molar-refractivity contribution in [2.75, 3.05) is 5.32 Å². The van der Waals surface area contributed by atoms with Gasteiger partial charge < -0.3 is 15.5 Å². The van der Waals surface area contributed by atoms with Crippen molar-refractivity contribution >= 4 is 29.4 Å². The highest BCUT2D eigenvalue weighted by atomic mass is 19.4. The minimum absolute atomic E-state index is 0.00802. The normalized spacial score (nSPS) is 18.1. The number of fused-ring (bicyclic) bond motifs is 1. The number of anilines is 1. The molecule has 0 aromatic heterocycles. The van der Waals surface area contributed by atoms with Crippen LogP contribution in [0.2, 0.25) is 0 Å². The zero-order chi connectivity index (χ0) is 23.8. The summed E-state index contributed by atoms with van der Waals surface area (Å²) in [6.07, 6.45) is -4.10. The van der Waals surface area contributed by atoms with E-state index in [4.69, 9.17) is 0 Å². The molecule has 0 radical (unpaired) electrons. The summed E-state index contributed by atoms with van der Waals surface area (Å²) in [4.78, 5) is 49.8. The number of amides is 5. The van der Waals surface area contributed by atoms with Crippen LogP contribution in [-0.2, 0) is 28.9 Å². The predicted octanol–water partition coefficient (Wildman–Crippen LogP) is 2.79. The Balaban J connectivity index is 1.38. The first-order valence-corrected chi connectivity index (χ1v) is 10.1. The molecule has 33 heavy (non-hydrogen) atoms.